The van der Waals surface area contributed by atoms with Crippen molar-refractivity contribution < 1.29 is 4.79 Å². The van der Waals surface area contributed by atoms with Gasteiger partial charge in [0.05, 0.1) is 0 Å². The molecule has 1 aromatic rings. The molecule has 4 heteroatoms. The zero-order valence-electron chi connectivity index (χ0n) is 8.10. The smallest absolute Gasteiger partial charge is 0.137 e. The number of rotatable bonds is 5. The maximum absolute atomic E-state index is 11.3. The normalized spacial score (nSPS) is 10.7. The lowest BCUT2D eigenvalue weighted by atomic mass is 10.1. The molecule has 1 rings (SSSR count). The highest BCUT2D eigenvalue weighted by Crippen LogP contribution is 2.03. The van der Waals surface area contributed by atoms with Crippen molar-refractivity contribution in [2.75, 3.05) is 0 Å². The first-order valence-corrected chi connectivity index (χ1v) is 4.52. The number of ketones is 1. The lowest BCUT2D eigenvalue weighted by molar-refractivity contribution is -0.120. The molecule has 0 saturated carbocycles. The van der Waals surface area contributed by atoms with Crippen LogP contribution in [0, 0.1) is 5.92 Å². The van der Waals surface area contributed by atoms with Gasteiger partial charge < -0.3 is 0 Å². The van der Waals surface area contributed by atoms with Gasteiger partial charge >= 0.3 is 0 Å². The molecule has 0 aliphatic rings. The van der Waals surface area contributed by atoms with Crippen molar-refractivity contribution in [1.82, 2.24) is 14.8 Å². The Labute approximate surface area is 78.0 Å². The molecule has 1 aromatic heterocycles. The molecular formula is C9H15N3O. The average Bonchev–Trinajstić information content (AvgIpc) is 2.51. The highest BCUT2D eigenvalue weighted by molar-refractivity contribution is 5.78. The number of aromatic nitrogens is 3. The van der Waals surface area contributed by atoms with Crippen molar-refractivity contribution >= 4 is 5.78 Å². The molecular weight excluding hydrogens is 166 g/mol. The fourth-order valence-corrected chi connectivity index (χ4v) is 1.14. The first-order valence-electron chi connectivity index (χ1n) is 4.52. The largest absolute Gasteiger partial charge is 0.300 e. The molecule has 0 radical (unpaired) electrons. The van der Waals surface area contributed by atoms with E-state index >= 15 is 0 Å². The average molecular weight is 181 g/mol. The third-order valence-corrected chi connectivity index (χ3v) is 1.72. The summed E-state index contributed by atoms with van der Waals surface area (Å²) in [6, 6.07) is 0. The summed E-state index contributed by atoms with van der Waals surface area (Å²) in [6.45, 7) is 4.74. The Morgan fingerprint density at radius 1 is 1.54 bits per heavy atom. The SMILES string of the molecule is CC(C)CC(=O)CCn1cncn1. The minimum Gasteiger partial charge on any atom is -0.300 e. The van der Waals surface area contributed by atoms with E-state index in [-0.39, 0.29) is 0 Å². The summed E-state index contributed by atoms with van der Waals surface area (Å²) in [4.78, 5) is 15.1. The van der Waals surface area contributed by atoms with Crippen molar-refractivity contribution in [3.63, 3.8) is 0 Å². The van der Waals surface area contributed by atoms with Crippen LogP contribution in [-0.4, -0.2) is 20.5 Å². The fourth-order valence-electron chi connectivity index (χ4n) is 1.14. The maximum atomic E-state index is 11.3. The Morgan fingerprint density at radius 3 is 2.85 bits per heavy atom. The highest BCUT2D eigenvalue weighted by Gasteiger charge is 2.04. The van der Waals surface area contributed by atoms with E-state index in [1.54, 1.807) is 11.0 Å². The van der Waals surface area contributed by atoms with E-state index in [0.717, 1.165) is 0 Å². The second-order valence-electron chi connectivity index (χ2n) is 3.55. The molecule has 72 valence electrons. The quantitative estimate of drug-likeness (QED) is 0.687. The molecule has 13 heavy (non-hydrogen) atoms. The number of aryl methyl sites for hydroxylation is 1. The number of nitrogens with zero attached hydrogens (tertiary/aromatic N) is 3. The standard InChI is InChI=1S/C9H15N3O/c1-8(2)5-9(13)3-4-12-7-10-6-11-12/h6-8H,3-5H2,1-2H3. The van der Waals surface area contributed by atoms with Crippen LogP contribution in [0.5, 0.6) is 0 Å². The van der Waals surface area contributed by atoms with Crippen LogP contribution in [0.3, 0.4) is 0 Å². The van der Waals surface area contributed by atoms with Gasteiger partial charge in [0.2, 0.25) is 0 Å². The zero-order valence-corrected chi connectivity index (χ0v) is 8.10. The van der Waals surface area contributed by atoms with Crippen LogP contribution in [0.15, 0.2) is 12.7 Å². The number of carbonyl (C=O) groups excluding carboxylic acids is 1. The summed E-state index contributed by atoms with van der Waals surface area (Å²) >= 11 is 0. The lowest BCUT2D eigenvalue weighted by Crippen LogP contribution is -2.08. The van der Waals surface area contributed by atoms with Crippen molar-refractivity contribution in [2.24, 2.45) is 5.92 Å². The Morgan fingerprint density at radius 2 is 2.31 bits per heavy atom. The summed E-state index contributed by atoms with van der Waals surface area (Å²) in [6.07, 6.45) is 4.33. The number of Topliss-reactive ketones (excluding diaryl/α,β-unsaturated/α-hetero) is 1. The van der Waals surface area contributed by atoms with Gasteiger partial charge in [0.25, 0.3) is 0 Å². The molecule has 0 aliphatic carbocycles. The van der Waals surface area contributed by atoms with Crippen LogP contribution >= 0.6 is 0 Å². The molecule has 1 heterocycles. The molecule has 0 spiro atoms. The molecule has 0 amide bonds. The van der Waals surface area contributed by atoms with Gasteiger partial charge in [0, 0.05) is 19.4 Å². The van der Waals surface area contributed by atoms with Gasteiger partial charge in [0.15, 0.2) is 0 Å². The molecule has 0 fully saturated rings. The summed E-state index contributed by atoms with van der Waals surface area (Å²) in [7, 11) is 0. The molecule has 0 atom stereocenters. The first-order chi connectivity index (χ1) is 6.18. The van der Waals surface area contributed by atoms with Crippen LogP contribution < -0.4 is 0 Å². The van der Waals surface area contributed by atoms with E-state index in [9.17, 15) is 4.79 Å². The molecule has 0 bridgehead atoms. The summed E-state index contributed by atoms with van der Waals surface area (Å²) in [5, 5.41) is 3.92. The van der Waals surface area contributed by atoms with E-state index in [1.807, 2.05) is 13.8 Å². The van der Waals surface area contributed by atoms with E-state index in [0.29, 0.717) is 31.1 Å². The van der Waals surface area contributed by atoms with Crippen LogP contribution in [0.2, 0.25) is 0 Å². The number of hydrogen-bond donors (Lipinski definition) is 0. The minimum atomic E-state index is 0.297. The van der Waals surface area contributed by atoms with E-state index in [2.05, 4.69) is 10.1 Å². The van der Waals surface area contributed by atoms with Crippen molar-refractivity contribution in [3.8, 4) is 0 Å². The first kappa shape index (κ1) is 9.89. The second kappa shape index (κ2) is 4.74. The predicted octanol–water partition coefficient (Wildman–Crippen LogP) is 1.28. The van der Waals surface area contributed by atoms with E-state index in [4.69, 9.17) is 0 Å². The molecule has 4 nitrogen and oxygen atoms in total. The lowest BCUT2D eigenvalue weighted by Gasteiger charge is -2.03. The fraction of sp³-hybridized carbons (Fsp3) is 0.667. The van der Waals surface area contributed by atoms with E-state index in [1.165, 1.54) is 6.33 Å². The third-order valence-electron chi connectivity index (χ3n) is 1.72. The number of carbonyl (C=O) groups is 1. The van der Waals surface area contributed by atoms with Gasteiger partial charge in [-0.05, 0) is 5.92 Å². The van der Waals surface area contributed by atoms with E-state index < -0.39 is 0 Å². The topological polar surface area (TPSA) is 47.8 Å². The zero-order chi connectivity index (χ0) is 9.68. The Bertz CT molecular complexity index is 254. The monoisotopic (exact) mass is 181 g/mol. The molecule has 0 saturated heterocycles. The van der Waals surface area contributed by atoms with Crippen molar-refractivity contribution in [1.29, 1.82) is 0 Å². The van der Waals surface area contributed by atoms with Gasteiger partial charge in [0.1, 0.15) is 18.4 Å². The van der Waals surface area contributed by atoms with Gasteiger partial charge in [-0.15, -0.1) is 0 Å². The van der Waals surface area contributed by atoms with Crippen LogP contribution in [0.25, 0.3) is 0 Å². The molecule has 0 N–H and O–H groups in total. The molecule has 0 unspecified atom stereocenters. The van der Waals surface area contributed by atoms with Gasteiger partial charge in [-0.3, -0.25) is 9.48 Å². The van der Waals surface area contributed by atoms with Crippen LogP contribution in [-0.2, 0) is 11.3 Å². The maximum Gasteiger partial charge on any atom is 0.137 e. The van der Waals surface area contributed by atoms with Gasteiger partial charge in [-0.2, -0.15) is 5.10 Å². The summed E-state index contributed by atoms with van der Waals surface area (Å²) < 4.78 is 1.68. The Hall–Kier alpha value is -1.19. The van der Waals surface area contributed by atoms with Gasteiger partial charge in [-0.1, -0.05) is 13.8 Å². The Kier molecular flexibility index (Phi) is 3.61. The second-order valence-corrected chi connectivity index (χ2v) is 3.55. The molecule has 0 aliphatic heterocycles. The van der Waals surface area contributed by atoms with Crippen LogP contribution in [0.1, 0.15) is 26.7 Å². The van der Waals surface area contributed by atoms with Crippen molar-refractivity contribution in [2.45, 2.75) is 33.2 Å². The summed E-state index contributed by atoms with van der Waals surface area (Å²) in [5.74, 6) is 0.744. The van der Waals surface area contributed by atoms with Gasteiger partial charge in [-0.25, -0.2) is 4.98 Å². The number of hydrogen-bond acceptors (Lipinski definition) is 3. The molecule has 0 aromatic carbocycles. The van der Waals surface area contributed by atoms with Crippen molar-refractivity contribution in [3.05, 3.63) is 12.7 Å². The summed E-state index contributed by atoms with van der Waals surface area (Å²) in [5.41, 5.74) is 0. The Balaban J connectivity index is 2.23. The highest BCUT2D eigenvalue weighted by atomic mass is 16.1. The minimum absolute atomic E-state index is 0.297. The third kappa shape index (κ3) is 3.83. The predicted molar refractivity (Wildman–Crippen MR) is 49.1 cm³/mol. The van der Waals surface area contributed by atoms with Crippen LogP contribution in [0.4, 0.5) is 0 Å².